The largest absolute Gasteiger partial charge is 0.432 e. The van der Waals surface area contributed by atoms with E-state index < -0.39 is 12.7 Å². The molecule has 1 aliphatic heterocycles. The lowest BCUT2D eigenvalue weighted by molar-refractivity contribution is -0.146. The molecule has 1 saturated heterocycles. The summed E-state index contributed by atoms with van der Waals surface area (Å²) in [4.78, 5) is 7.61. The molecule has 8 heteroatoms. The van der Waals surface area contributed by atoms with Crippen LogP contribution in [0.5, 0.6) is 0 Å². The van der Waals surface area contributed by atoms with Crippen LogP contribution >= 0.6 is 0 Å². The van der Waals surface area contributed by atoms with Crippen LogP contribution in [0.2, 0.25) is 0 Å². The van der Waals surface area contributed by atoms with Gasteiger partial charge in [-0.05, 0) is 6.54 Å². The van der Waals surface area contributed by atoms with Crippen LogP contribution in [0.4, 0.5) is 19.2 Å². The third kappa shape index (κ3) is 4.38. The maximum absolute atomic E-state index is 12.3. The summed E-state index contributed by atoms with van der Waals surface area (Å²) in [5, 5.41) is 3.14. The highest BCUT2D eigenvalue weighted by molar-refractivity contribution is 5.27. The predicted molar refractivity (Wildman–Crippen MR) is 68.6 cm³/mol. The van der Waals surface area contributed by atoms with E-state index in [1.807, 2.05) is 11.8 Å². The minimum atomic E-state index is -4.13. The smallest absolute Gasteiger partial charge is 0.401 e. The zero-order valence-corrected chi connectivity index (χ0v) is 11.4. The van der Waals surface area contributed by atoms with Crippen LogP contribution in [0.25, 0.3) is 0 Å². The number of alkyl halides is 3. The molecule has 2 rings (SSSR count). The van der Waals surface area contributed by atoms with Gasteiger partial charge in [0.25, 0.3) is 6.01 Å². The van der Waals surface area contributed by atoms with Gasteiger partial charge in [0.15, 0.2) is 0 Å². The normalized spacial score (nSPS) is 17.7. The van der Waals surface area contributed by atoms with Crippen molar-refractivity contribution in [2.45, 2.75) is 19.6 Å². The van der Waals surface area contributed by atoms with Crippen molar-refractivity contribution in [3.05, 3.63) is 12.0 Å². The van der Waals surface area contributed by atoms with E-state index in [1.54, 1.807) is 6.26 Å². The van der Waals surface area contributed by atoms with Gasteiger partial charge in [0.2, 0.25) is 0 Å². The van der Waals surface area contributed by atoms with Crippen LogP contribution in [0, 0.1) is 0 Å². The molecule has 1 aliphatic rings. The van der Waals surface area contributed by atoms with Crippen molar-refractivity contribution < 1.29 is 17.6 Å². The van der Waals surface area contributed by atoms with Crippen LogP contribution in [-0.4, -0.2) is 55.3 Å². The summed E-state index contributed by atoms with van der Waals surface area (Å²) in [5.41, 5.74) is 0.805. The first-order chi connectivity index (χ1) is 9.48. The van der Waals surface area contributed by atoms with Crippen LogP contribution < -0.4 is 10.2 Å². The number of aromatic nitrogens is 1. The molecule has 0 atom stereocenters. The predicted octanol–water partition coefficient (Wildman–Crippen LogP) is 1.47. The molecule has 114 valence electrons. The Morgan fingerprint density at radius 1 is 1.30 bits per heavy atom. The molecule has 20 heavy (non-hydrogen) atoms. The van der Waals surface area contributed by atoms with E-state index in [4.69, 9.17) is 4.42 Å². The maximum Gasteiger partial charge on any atom is 0.401 e. The van der Waals surface area contributed by atoms with Crippen molar-refractivity contribution in [2.24, 2.45) is 0 Å². The molecule has 0 bridgehead atoms. The molecule has 2 heterocycles. The summed E-state index contributed by atoms with van der Waals surface area (Å²) in [6.07, 6.45) is -2.55. The van der Waals surface area contributed by atoms with Crippen LogP contribution in [0.1, 0.15) is 12.6 Å². The molecule has 0 aliphatic carbocycles. The van der Waals surface area contributed by atoms with Crippen molar-refractivity contribution >= 4 is 6.01 Å². The number of nitrogens with one attached hydrogen (secondary N) is 1. The third-order valence-electron chi connectivity index (χ3n) is 3.14. The highest BCUT2D eigenvalue weighted by atomic mass is 19.4. The molecule has 0 radical (unpaired) electrons. The van der Waals surface area contributed by atoms with E-state index in [9.17, 15) is 13.2 Å². The maximum atomic E-state index is 12.3. The molecular weight excluding hydrogens is 273 g/mol. The standard InChI is InChI=1S/C12H19F3N4O/c1-2-16-7-10-8-20-11(17-10)19-5-3-18(4-6-19)9-12(13,14)15/h8,16H,2-7,9H2,1H3. The van der Waals surface area contributed by atoms with Gasteiger partial charge in [-0.15, -0.1) is 0 Å². The molecule has 0 unspecified atom stereocenters. The van der Waals surface area contributed by atoms with Gasteiger partial charge in [-0.3, -0.25) is 4.90 Å². The van der Waals surface area contributed by atoms with Crippen molar-refractivity contribution in [1.82, 2.24) is 15.2 Å². The van der Waals surface area contributed by atoms with Crippen LogP contribution in [0.3, 0.4) is 0 Å². The number of nitrogens with zero attached hydrogens (tertiary/aromatic N) is 3. The Morgan fingerprint density at radius 2 is 2.00 bits per heavy atom. The topological polar surface area (TPSA) is 44.5 Å². The molecule has 1 aromatic heterocycles. The SMILES string of the molecule is CCNCc1coc(N2CCN(CC(F)(F)F)CC2)n1. The van der Waals surface area contributed by atoms with Gasteiger partial charge >= 0.3 is 6.18 Å². The second kappa shape index (κ2) is 6.45. The monoisotopic (exact) mass is 292 g/mol. The average molecular weight is 292 g/mol. The highest BCUT2D eigenvalue weighted by Crippen LogP contribution is 2.20. The Bertz CT molecular complexity index is 413. The molecule has 0 saturated carbocycles. The molecule has 1 fully saturated rings. The molecule has 0 amide bonds. The number of oxazole rings is 1. The summed E-state index contributed by atoms with van der Waals surface area (Å²) in [6.45, 7) is 4.36. The first kappa shape index (κ1) is 15.1. The summed E-state index contributed by atoms with van der Waals surface area (Å²) in [7, 11) is 0. The van der Waals surface area contributed by atoms with Gasteiger partial charge in [-0.2, -0.15) is 18.2 Å². The quantitative estimate of drug-likeness (QED) is 0.890. The van der Waals surface area contributed by atoms with Crippen molar-refractivity contribution in [2.75, 3.05) is 44.2 Å². The van der Waals surface area contributed by atoms with Crippen LogP contribution in [0.15, 0.2) is 10.7 Å². The van der Waals surface area contributed by atoms with Gasteiger partial charge in [0.05, 0.1) is 12.2 Å². The lowest BCUT2D eigenvalue weighted by Crippen LogP contribution is -2.49. The van der Waals surface area contributed by atoms with E-state index in [0.717, 1.165) is 12.2 Å². The van der Waals surface area contributed by atoms with Crippen molar-refractivity contribution in [1.29, 1.82) is 0 Å². The van der Waals surface area contributed by atoms with Crippen molar-refractivity contribution in [3.63, 3.8) is 0 Å². The number of piperazine rings is 1. The molecule has 0 spiro atoms. The summed E-state index contributed by atoms with van der Waals surface area (Å²) in [5.74, 6) is 0. The lowest BCUT2D eigenvalue weighted by Gasteiger charge is -2.34. The highest BCUT2D eigenvalue weighted by Gasteiger charge is 2.32. The summed E-state index contributed by atoms with van der Waals surface area (Å²) >= 11 is 0. The molecule has 1 N–H and O–H groups in total. The fourth-order valence-corrected chi connectivity index (χ4v) is 2.13. The van der Waals surface area contributed by atoms with Gasteiger partial charge in [-0.25, -0.2) is 0 Å². The van der Waals surface area contributed by atoms with E-state index in [1.165, 1.54) is 4.90 Å². The second-order valence-corrected chi connectivity index (χ2v) is 4.78. The minimum Gasteiger partial charge on any atom is -0.432 e. The number of anilines is 1. The summed E-state index contributed by atoms with van der Waals surface area (Å²) < 4.78 is 42.2. The molecular formula is C12H19F3N4O. The third-order valence-corrected chi connectivity index (χ3v) is 3.14. The number of hydrogen-bond acceptors (Lipinski definition) is 5. The number of hydrogen-bond donors (Lipinski definition) is 1. The fourth-order valence-electron chi connectivity index (χ4n) is 2.13. The first-order valence-electron chi connectivity index (χ1n) is 6.67. The van der Waals surface area contributed by atoms with E-state index in [2.05, 4.69) is 10.3 Å². The van der Waals surface area contributed by atoms with Crippen LogP contribution in [-0.2, 0) is 6.54 Å². The Morgan fingerprint density at radius 3 is 2.60 bits per heavy atom. The Hall–Kier alpha value is -1.28. The van der Waals surface area contributed by atoms with E-state index >= 15 is 0 Å². The number of halogens is 3. The second-order valence-electron chi connectivity index (χ2n) is 4.78. The van der Waals surface area contributed by atoms with Gasteiger partial charge < -0.3 is 14.6 Å². The Balaban J connectivity index is 1.82. The molecule has 5 nitrogen and oxygen atoms in total. The Kier molecular flexibility index (Phi) is 4.87. The molecule has 1 aromatic rings. The zero-order valence-electron chi connectivity index (χ0n) is 11.4. The van der Waals surface area contributed by atoms with Gasteiger partial charge in [0, 0.05) is 32.7 Å². The summed E-state index contributed by atoms with van der Waals surface area (Å²) in [6, 6.07) is 0.490. The number of rotatable bonds is 5. The minimum absolute atomic E-state index is 0.366. The molecule has 0 aromatic carbocycles. The average Bonchev–Trinajstić information content (AvgIpc) is 2.84. The van der Waals surface area contributed by atoms with E-state index in [-0.39, 0.29) is 0 Å². The van der Waals surface area contributed by atoms with Gasteiger partial charge in [-0.1, -0.05) is 6.92 Å². The Labute approximate surface area is 115 Å². The first-order valence-corrected chi connectivity index (χ1v) is 6.67. The van der Waals surface area contributed by atoms with Gasteiger partial charge in [0.1, 0.15) is 6.26 Å². The fraction of sp³-hybridized carbons (Fsp3) is 0.750. The zero-order chi connectivity index (χ0) is 14.6. The van der Waals surface area contributed by atoms with Crippen molar-refractivity contribution in [3.8, 4) is 0 Å². The van der Waals surface area contributed by atoms with E-state index in [0.29, 0.717) is 38.7 Å². The lowest BCUT2D eigenvalue weighted by atomic mass is 10.3.